The van der Waals surface area contributed by atoms with Gasteiger partial charge in [0.25, 0.3) is 0 Å². The fourth-order valence-corrected chi connectivity index (χ4v) is 2.04. The Morgan fingerprint density at radius 2 is 1.24 bits per heavy atom. The standard InChI is InChI=1S/C10H18N2O5/c1-4(13)11-6-3-7(12-5(2)14)9(16)10(17)8(6)15/h6-10,15-17H,3H2,1-2H3,(H,11,13)(H,12,14)/t6-,7+,8+,9-,10?. The van der Waals surface area contributed by atoms with Gasteiger partial charge in [0.05, 0.1) is 12.1 Å². The first-order valence-corrected chi connectivity index (χ1v) is 5.41. The number of hydrogen-bond donors (Lipinski definition) is 5. The van der Waals surface area contributed by atoms with Crippen molar-refractivity contribution in [3.05, 3.63) is 0 Å². The third-order valence-corrected chi connectivity index (χ3v) is 2.81. The summed E-state index contributed by atoms with van der Waals surface area (Å²) in [6, 6.07) is -1.38. The number of aliphatic hydroxyl groups is 3. The van der Waals surface area contributed by atoms with E-state index in [0.29, 0.717) is 0 Å². The van der Waals surface area contributed by atoms with Gasteiger partial charge < -0.3 is 26.0 Å². The van der Waals surface area contributed by atoms with Gasteiger partial charge >= 0.3 is 0 Å². The third kappa shape index (κ3) is 3.39. The Hall–Kier alpha value is -1.18. The Morgan fingerprint density at radius 1 is 0.882 bits per heavy atom. The van der Waals surface area contributed by atoms with E-state index in [1.807, 2.05) is 0 Å². The number of aliphatic hydroxyl groups excluding tert-OH is 3. The van der Waals surface area contributed by atoms with E-state index >= 15 is 0 Å². The Kier molecular flexibility index (Phi) is 4.44. The van der Waals surface area contributed by atoms with E-state index < -0.39 is 30.4 Å². The molecule has 2 amide bonds. The largest absolute Gasteiger partial charge is 0.388 e. The van der Waals surface area contributed by atoms with E-state index in [-0.39, 0.29) is 18.2 Å². The van der Waals surface area contributed by atoms with Crippen molar-refractivity contribution in [3.63, 3.8) is 0 Å². The smallest absolute Gasteiger partial charge is 0.217 e. The Morgan fingerprint density at radius 3 is 1.53 bits per heavy atom. The van der Waals surface area contributed by atoms with Gasteiger partial charge in [0, 0.05) is 13.8 Å². The molecular formula is C10H18N2O5. The molecule has 0 aliphatic heterocycles. The molecule has 0 bridgehead atoms. The van der Waals surface area contributed by atoms with Crippen molar-refractivity contribution in [3.8, 4) is 0 Å². The maximum Gasteiger partial charge on any atom is 0.217 e. The van der Waals surface area contributed by atoms with Crippen LogP contribution in [0.5, 0.6) is 0 Å². The number of hydrogen-bond acceptors (Lipinski definition) is 5. The average Bonchev–Trinajstić information content (AvgIpc) is 2.20. The molecule has 17 heavy (non-hydrogen) atoms. The summed E-state index contributed by atoms with van der Waals surface area (Å²) in [7, 11) is 0. The molecule has 7 nitrogen and oxygen atoms in total. The summed E-state index contributed by atoms with van der Waals surface area (Å²) in [6.07, 6.45) is -3.74. The summed E-state index contributed by atoms with van der Waals surface area (Å²) < 4.78 is 0. The lowest BCUT2D eigenvalue weighted by molar-refractivity contribution is -0.134. The van der Waals surface area contributed by atoms with Gasteiger partial charge in [0.1, 0.15) is 18.3 Å². The highest BCUT2D eigenvalue weighted by atomic mass is 16.4. The quantitative estimate of drug-likeness (QED) is 0.368. The minimum absolute atomic E-state index is 0.165. The minimum Gasteiger partial charge on any atom is -0.388 e. The molecule has 1 aliphatic carbocycles. The normalized spacial score (nSPS) is 37.4. The van der Waals surface area contributed by atoms with Crippen LogP contribution in [0.3, 0.4) is 0 Å². The molecule has 0 radical (unpaired) electrons. The summed E-state index contributed by atoms with van der Waals surface area (Å²) in [5, 5.41) is 33.9. The highest BCUT2D eigenvalue weighted by Gasteiger charge is 2.43. The van der Waals surface area contributed by atoms with Crippen LogP contribution in [0.25, 0.3) is 0 Å². The third-order valence-electron chi connectivity index (χ3n) is 2.81. The van der Waals surface area contributed by atoms with Crippen LogP contribution >= 0.6 is 0 Å². The SMILES string of the molecule is CC(=O)N[C@H]1C[C@@H](NC(C)=O)[C@H](O)C(O)[C@@H]1O. The fraction of sp³-hybridized carbons (Fsp3) is 0.800. The molecule has 0 spiro atoms. The van der Waals surface area contributed by atoms with Gasteiger partial charge in [-0.15, -0.1) is 0 Å². The Bertz CT molecular complexity index is 281. The van der Waals surface area contributed by atoms with Crippen LogP contribution in [-0.2, 0) is 9.59 Å². The first-order chi connectivity index (χ1) is 7.82. The monoisotopic (exact) mass is 246 g/mol. The zero-order valence-electron chi connectivity index (χ0n) is 9.75. The van der Waals surface area contributed by atoms with Crippen molar-refractivity contribution in [1.29, 1.82) is 0 Å². The first kappa shape index (κ1) is 13.9. The highest BCUT2D eigenvalue weighted by molar-refractivity contribution is 5.74. The molecule has 0 heterocycles. The van der Waals surface area contributed by atoms with E-state index in [1.54, 1.807) is 0 Å². The lowest BCUT2D eigenvalue weighted by Gasteiger charge is -2.40. The molecule has 0 aromatic carbocycles. The molecule has 98 valence electrons. The molecule has 7 heteroatoms. The highest BCUT2D eigenvalue weighted by Crippen LogP contribution is 2.20. The molecule has 1 fully saturated rings. The van der Waals surface area contributed by atoms with Crippen molar-refractivity contribution in [2.45, 2.75) is 50.7 Å². The number of rotatable bonds is 2. The summed E-state index contributed by atoms with van der Waals surface area (Å²) in [4.78, 5) is 21.8. The van der Waals surface area contributed by atoms with Crippen molar-refractivity contribution in [1.82, 2.24) is 10.6 Å². The van der Waals surface area contributed by atoms with Gasteiger partial charge in [-0.2, -0.15) is 0 Å². The van der Waals surface area contributed by atoms with Gasteiger partial charge in [-0.3, -0.25) is 9.59 Å². The van der Waals surface area contributed by atoms with Crippen molar-refractivity contribution in [2.75, 3.05) is 0 Å². The second kappa shape index (κ2) is 5.44. The molecule has 1 rings (SSSR count). The first-order valence-electron chi connectivity index (χ1n) is 5.41. The molecule has 0 aromatic rings. The van der Waals surface area contributed by atoms with E-state index in [2.05, 4.69) is 10.6 Å². The second-order valence-electron chi connectivity index (χ2n) is 4.32. The van der Waals surface area contributed by atoms with Gasteiger partial charge in [-0.1, -0.05) is 0 Å². The summed E-state index contributed by atoms with van der Waals surface area (Å²) in [5.74, 6) is -0.696. The van der Waals surface area contributed by atoms with Gasteiger partial charge in [-0.05, 0) is 6.42 Å². The summed E-state index contributed by atoms with van der Waals surface area (Å²) in [6.45, 7) is 2.58. The van der Waals surface area contributed by atoms with E-state index in [0.717, 1.165) is 0 Å². The number of amides is 2. The molecule has 0 saturated heterocycles. The topological polar surface area (TPSA) is 119 Å². The average molecular weight is 246 g/mol. The second-order valence-corrected chi connectivity index (χ2v) is 4.32. The van der Waals surface area contributed by atoms with Crippen LogP contribution in [0, 0.1) is 0 Å². The summed E-state index contributed by atoms with van der Waals surface area (Å²) in [5.41, 5.74) is 0. The van der Waals surface area contributed by atoms with E-state index in [1.165, 1.54) is 13.8 Å². The lowest BCUT2D eigenvalue weighted by atomic mass is 9.84. The number of carbonyl (C=O) groups is 2. The molecule has 5 N–H and O–H groups in total. The molecule has 1 saturated carbocycles. The van der Waals surface area contributed by atoms with Crippen molar-refractivity contribution < 1.29 is 24.9 Å². The maximum absolute atomic E-state index is 10.9. The van der Waals surface area contributed by atoms with Crippen LogP contribution in [0.4, 0.5) is 0 Å². The van der Waals surface area contributed by atoms with Gasteiger partial charge in [0.2, 0.25) is 11.8 Å². The maximum atomic E-state index is 10.9. The van der Waals surface area contributed by atoms with Crippen LogP contribution in [0.2, 0.25) is 0 Å². The summed E-state index contributed by atoms with van der Waals surface area (Å²) >= 11 is 0. The lowest BCUT2D eigenvalue weighted by Crippen LogP contribution is -2.64. The van der Waals surface area contributed by atoms with Crippen LogP contribution in [0.15, 0.2) is 0 Å². The van der Waals surface area contributed by atoms with Gasteiger partial charge in [0.15, 0.2) is 0 Å². The van der Waals surface area contributed by atoms with Gasteiger partial charge in [-0.25, -0.2) is 0 Å². The Labute approximate surface area is 98.8 Å². The minimum atomic E-state index is -1.41. The van der Waals surface area contributed by atoms with Crippen LogP contribution < -0.4 is 10.6 Å². The predicted molar refractivity (Wildman–Crippen MR) is 57.8 cm³/mol. The molecule has 1 unspecified atom stereocenters. The van der Waals surface area contributed by atoms with Crippen molar-refractivity contribution >= 4 is 11.8 Å². The number of nitrogens with one attached hydrogen (secondary N) is 2. The molecule has 0 aromatic heterocycles. The molecule has 1 aliphatic rings. The van der Waals surface area contributed by atoms with E-state index in [9.17, 15) is 24.9 Å². The van der Waals surface area contributed by atoms with Crippen molar-refractivity contribution in [2.24, 2.45) is 0 Å². The van der Waals surface area contributed by atoms with E-state index in [4.69, 9.17) is 0 Å². The predicted octanol–water partition coefficient (Wildman–Crippen LogP) is -2.52. The van der Waals surface area contributed by atoms with Crippen LogP contribution in [-0.4, -0.2) is 57.5 Å². The number of carbonyl (C=O) groups excluding carboxylic acids is 2. The Balaban J connectivity index is 2.74. The zero-order valence-corrected chi connectivity index (χ0v) is 9.75. The fourth-order valence-electron chi connectivity index (χ4n) is 2.04. The zero-order chi connectivity index (χ0) is 13.2. The molecule has 5 atom stereocenters. The van der Waals surface area contributed by atoms with Crippen LogP contribution in [0.1, 0.15) is 20.3 Å². The molecular weight excluding hydrogens is 228 g/mol.